The summed E-state index contributed by atoms with van der Waals surface area (Å²) in [5.74, 6) is 0.171. The molecule has 1 nitrogen and oxygen atoms in total. The fourth-order valence-corrected chi connectivity index (χ4v) is 2.43. The lowest BCUT2D eigenvalue weighted by Crippen LogP contribution is -2.59. The maximum atomic E-state index is 13.0. The van der Waals surface area contributed by atoms with Crippen LogP contribution >= 0.6 is 0 Å². The van der Waals surface area contributed by atoms with Gasteiger partial charge in [-0.2, -0.15) is 13.2 Å². The summed E-state index contributed by atoms with van der Waals surface area (Å²) >= 11 is 0. The summed E-state index contributed by atoms with van der Waals surface area (Å²) in [5.41, 5.74) is -1.61. The predicted octanol–water partition coefficient (Wildman–Crippen LogP) is 3.50. The van der Waals surface area contributed by atoms with E-state index in [-0.39, 0.29) is 18.8 Å². The molecule has 0 aromatic heterocycles. The van der Waals surface area contributed by atoms with E-state index in [1.807, 2.05) is 13.8 Å². The molecule has 90 valence electrons. The third-order valence-electron chi connectivity index (χ3n) is 3.25. The summed E-state index contributed by atoms with van der Waals surface area (Å²) < 4.78 is 39.1. The number of nitrogens with one attached hydrogen (secondary N) is 1. The minimum absolute atomic E-state index is 0.171. The van der Waals surface area contributed by atoms with Crippen LogP contribution in [0.25, 0.3) is 0 Å². The lowest BCUT2D eigenvalue weighted by Gasteiger charge is -2.42. The highest BCUT2D eigenvalue weighted by molar-refractivity contribution is 4.98. The summed E-state index contributed by atoms with van der Waals surface area (Å²) in [6.45, 7) is 4.25. The molecule has 4 heteroatoms. The highest BCUT2D eigenvalue weighted by Crippen LogP contribution is 2.43. The lowest BCUT2D eigenvalue weighted by atomic mass is 9.76. The molecule has 1 saturated carbocycles. The Hall–Kier alpha value is -0.250. The number of alkyl halides is 3. The van der Waals surface area contributed by atoms with E-state index in [0.29, 0.717) is 13.0 Å². The molecule has 0 aromatic carbocycles. The molecule has 0 aliphatic heterocycles. The molecule has 2 atom stereocenters. The number of rotatable bonds is 3. The number of hydrogen-bond donors (Lipinski definition) is 1. The molecule has 1 rings (SSSR count). The molecule has 1 fully saturated rings. The SMILES string of the molecule is CCCNC1(C(F)(F)F)CCCC(C)C1. The second-order valence-corrected chi connectivity index (χ2v) is 4.71. The summed E-state index contributed by atoms with van der Waals surface area (Å²) in [4.78, 5) is 0. The van der Waals surface area contributed by atoms with Gasteiger partial charge in [-0.05, 0) is 31.7 Å². The van der Waals surface area contributed by atoms with Crippen LogP contribution in [0.1, 0.15) is 46.0 Å². The Morgan fingerprint density at radius 3 is 2.53 bits per heavy atom. The molecular weight excluding hydrogens is 203 g/mol. The van der Waals surface area contributed by atoms with Gasteiger partial charge in [0.2, 0.25) is 0 Å². The Bertz CT molecular complexity index is 202. The van der Waals surface area contributed by atoms with E-state index in [9.17, 15) is 13.2 Å². The first kappa shape index (κ1) is 12.8. The number of hydrogen-bond acceptors (Lipinski definition) is 1. The molecule has 0 spiro atoms. The summed E-state index contributed by atoms with van der Waals surface area (Å²) in [5, 5.41) is 2.73. The Morgan fingerprint density at radius 2 is 2.07 bits per heavy atom. The quantitative estimate of drug-likeness (QED) is 0.772. The maximum absolute atomic E-state index is 13.0. The molecule has 0 radical (unpaired) electrons. The molecule has 0 heterocycles. The standard InChI is InChI=1S/C11H20F3N/c1-3-7-15-10(11(12,13)14)6-4-5-9(2)8-10/h9,15H,3-8H2,1-2H3. The van der Waals surface area contributed by atoms with Gasteiger partial charge in [0, 0.05) is 0 Å². The molecule has 1 aliphatic carbocycles. The van der Waals surface area contributed by atoms with Crippen molar-refractivity contribution in [2.45, 2.75) is 57.7 Å². The van der Waals surface area contributed by atoms with E-state index in [1.54, 1.807) is 0 Å². The van der Waals surface area contributed by atoms with Gasteiger partial charge in [-0.15, -0.1) is 0 Å². The third kappa shape index (κ3) is 2.86. The summed E-state index contributed by atoms with van der Waals surface area (Å²) in [7, 11) is 0. The molecule has 0 saturated heterocycles. The van der Waals surface area contributed by atoms with Crippen molar-refractivity contribution in [2.24, 2.45) is 5.92 Å². The zero-order chi connectivity index (χ0) is 11.5. The van der Waals surface area contributed by atoms with Crippen LogP contribution in [0.15, 0.2) is 0 Å². The molecule has 0 amide bonds. The molecule has 0 aromatic rings. The average Bonchev–Trinajstić information content (AvgIpc) is 2.13. The van der Waals surface area contributed by atoms with E-state index < -0.39 is 11.7 Å². The third-order valence-corrected chi connectivity index (χ3v) is 3.25. The molecule has 0 bridgehead atoms. The van der Waals surface area contributed by atoms with Crippen LogP contribution in [-0.2, 0) is 0 Å². The van der Waals surface area contributed by atoms with Gasteiger partial charge in [0.25, 0.3) is 0 Å². The molecule has 15 heavy (non-hydrogen) atoms. The Morgan fingerprint density at radius 1 is 1.40 bits per heavy atom. The Balaban J connectivity index is 2.75. The van der Waals surface area contributed by atoms with Crippen molar-refractivity contribution in [1.29, 1.82) is 0 Å². The van der Waals surface area contributed by atoms with Gasteiger partial charge in [-0.1, -0.05) is 26.7 Å². The van der Waals surface area contributed by atoms with Crippen LogP contribution in [0.4, 0.5) is 13.2 Å². The van der Waals surface area contributed by atoms with Crippen molar-refractivity contribution < 1.29 is 13.2 Å². The second-order valence-electron chi connectivity index (χ2n) is 4.71. The van der Waals surface area contributed by atoms with Gasteiger partial charge in [-0.3, -0.25) is 0 Å². The summed E-state index contributed by atoms with van der Waals surface area (Å²) in [6, 6.07) is 0. The largest absolute Gasteiger partial charge is 0.406 e. The predicted molar refractivity (Wildman–Crippen MR) is 54.7 cm³/mol. The molecule has 1 N–H and O–H groups in total. The minimum Gasteiger partial charge on any atom is -0.304 e. The first-order valence-electron chi connectivity index (χ1n) is 5.73. The second kappa shape index (κ2) is 4.73. The van der Waals surface area contributed by atoms with Crippen LogP contribution < -0.4 is 5.32 Å². The van der Waals surface area contributed by atoms with Gasteiger partial charge < -0.3 is 5.32 Å². The summed E-state index contributed by atoms with van der Waals surface area (Å²) in [6.07, 6.45) is -1.30. The minimum atomic E-state index is -4.11. The zero-order valence-corrected chi connectivity index (χ0v) is 9.45. The number of halogens is 3. The Labute approximate surface area is 89.4 Å². The van der Waals surface area contributed by atoms with Gasteiger partial charge >= 0.3 is 6.18 Å². The van der Waals surface area contributed by atoms with Crippen LogP contribution in [0.2, 0.25) is 0 Å². The first-order chi connectivity index (χ1) is 6.91. The van der Waals surface area contributed by atoms with E-state index in [1.165, 1.54) is 0 Å². The topological polar surface area (TPSA) is 12.0 Å². The maximum Gasteiger partial charge on any atom is 0.406 e. The monoisotopic (exact) mass is 223 g/mol. The van der Waals surface area contributed by atoms with E-state index in [4.69, 9.17) is 0 Å². The molecule has 1 aliphatic rings. The van der Waals surface area contributed by atoms with Crippen LogP contribution in [-0.4, -0.2) is 18.3 Å². The van der Waals surface area contributed by atoms with Crippen LogP contribution in [0.3, 0.4) is 0 Å². The van der Waals surface area contributed by atoms with Crippen molar-refractivity contribution in [3.8, 4) is 0 Å². The molecular formula is C11H20F3N. The zero-order valence-electron chi connectivity index (χ0n) is 9.45. The van der Waals surface area contributed by atoms with Crippen molar-refractivity contribution in [3.63, 3.8) is 0 Å². The smallest absolute Gasteiger partial charge is 0.304 e. The van der Waals surface area contributed by atoms with Crippen LogP contribution in [0.5, 0.6) is 0 Å². The van der Waals surface area contributed by atoms with E-state index in [0.717, 1.165) is 12.8 Å². The van der Waals surface area contributed by atoms with E-state index in [2.05, 4.69) is 5.32 Å². The van der Waals surface area contributed by atoms with E-state index >= 15 is 0 Å². The van der Waals surface area contributed by atoms with Gasteiger partial charge in [0.05, 0.1) is 0 Å². The average molecular weight is 223 g/mol. The fraction of sp³-hybridized carbons (Fsp3) is 1.00. The highest BCUT2D eigenvalue weighted by Gasteiger charge is 2.55. The van der Waals surface area contributed by atoms with Crippen molar-refractivity contribution in [3.05, 3.63) is 0 Å². The first-order valence-corrected chi connectivity index (χ1v) is 5.73. The van der Waals surface area contributed by atoms with Crippen LogP contribution in [0, 0.1) is 5.92 Å². The van der Waals surface area contributed by atoms with Crippen molar-refractivity contribution >= 4 is 0 Å². The highest BCUT2D eigenvalue weighted by atomic mass is 19.4. The Kier molecular flexibility index (Phi) is 4.04. The van der Waals surface area contributed by atoms with Gasteiger partial charge in [0.1, 0.15) is 5.54 Å². The van der Waals surface area contributed by atoms with Crippen molar-refractivity contribution in [1.82, 2.24) is 5.32 Å². The van der Waals surface area contributed by atoms with Crippen molar-refractivity contribution in [2.75, 3.05) is 6.54 Å². The fourth-order valence-electron chi connectivity index (χ4n) is 2.43. The molecule has 2 unspecified atom stereocenters. The lowest BCUT2D eigenvalue weighted by molar-refractivity contribution is -0.209. The normalized spacial score (nSPS) is 33.0. The van der Waals surface area contributed by atoms with Gasteiger partial charge in [0.15, 0.2) is 0 Å². The van der Waals surface area contributed by atoms with Gasteiger partial charge in [-0.25, -0.2) is 0 Å².